The largest absolute Gasteiger partial charge is 0.416 e. The molecule has 96 valence electrons. The van der Waals surface area contributed by atoms with Gasteiger partial charge in [0, 0.05) is 0 Å². The fourth-order valence-corrected chi connectivity index (χ4v) is 1.69. The Bertz CT molecular complexity index is 500. The summed E-state index contributed by atoms with van der Waals surface area (Å²) in [4.78, 5) is 11.1. The number of carbonyl (C=O) groups is 1. The van der Waals surface area contributed by atoms with Crippen molar-refractivity contribution in [1.82, 2.24) is 0 Å². The predicted octanol–water partition coefficient (Wildman–Crippen LogP) is 3.86. The molecule has 0 atom stereocenters. The molecule has 0 heterocycles. The van der Waals surface area contributed by atoms with Gasteiger partial charge < -0.3 is 5.32 Å². The third-order valence-corrected chi connectivity index (χ3v) is 2.47. The molecule has 1 aromatic carbocycles. The molecule has 0 aliphatic heterocycles. The average Bonchev–Trinajstić information content (AvgIpc) is 2.22. The summed E-state index contributed by atoms with van der Waals surface area (Å²) in [6.45, 7) is 0. The Hall–Kier alpha value is -1.45. The number of nitriles is 1. The minimum absolute atomic E-state index is 0.147. The SMILES string of the molecule is N#CCC(=O)Nc1c(Cl)cc(C(F)(F)F)cc1Cl. The summed E-state index contributed by atoms with van der Waals surface area (Å²) in [7, 11) is 0. The van der Waals surface area contributed by atoms with E-state index in [4.69, 9.17) is 28.5 Å². The predicted molar refractivity (Wildman–Crippen MR) is 60.3 cm³/mol. The molecule has 0 fully saturated rings. The molecule has 0 unspecified atom stereocenters. The Morgan fingerprint density at radius 1 is 1.33 bits per heavy atom. The van der Waals surface area contributed by atoms with Crippen molar-refractivity contribution < 1.29 is 18.0 Å². The highest BCUT2D eigenvalue weighted by Gasteiger charge is 2.32. The van der Waals surface area contributed by atoms with E-state index in [0.717, 1.165) is 0 Å². The molecule has 1 rings (SSSR count). The number of nitrogens with one attached hydrogen (secondary N) is 1. The lowest BCUT2D eigenvalue weighted by Gasteiger charge is -2.12. The van der Waals surface area contributed by atoms with Crippen LogP contribution in [0.5, 0.6) is 0 Å². The summed E-state index contributed by atoms with van der Waals surface area (Å²) in [5, 5.41) is 9.75. The zero-order valence-electron chi connectivity index (χ0n) is 8.61. The van der Waals surface area contributed by atoms with E-state index in [2.05, 4.69) is 5.32 Å². The minimum Gasteiger partial charge on any atom is -0.323 e. The van der Waals surface area contributed by atoms with Gasteiger partial charge in [-0.25, -0.2) is 0 Å². The van der Waals surface area contributed by atoms with Crippen molar-refractivity contribution in [3.8, 4) is 6.07 Å². The Labute approximate surface area is 110 Å². The van der Waals surface area contributed by atoms with Crippen LogP contribution in [-0.4, -0.2) is 5.91 Å². The highest BCUT2D eigenvalue weighted by atomic mass is 35.5. The highest BCUT2D eigenvalue weighted by molar-refractivity contribution is 6.39. The lowest BCUT2D eigenvalue weighted by atomic mass is 10.2. The van der Waals surface area contributed by atoms with E-state index in [9.17, 15) is 18.0 Å². The number of anilines is 1. The van der Waals surface area contributed by atoms with Crippen molar-refractivity contribution in [2.45, 2.75) is 12.6 Å². The first-order valence-electron chi connectivity index (χ1n) is 4.48. The smallest absolute Gasteiger partial charge is 0.323 e. The Morgan fingerprint density at radius 3 is 2.22 bits per heavy atom. The second-order valence-electron chi connectivity index (χ2n) is 3.20. The second kappa shape index (κ2) is 5.46. The fraction of sp³-hybridized carbons (Fsp3) is 0.200. The van der Waals surface area contributed by atoms with E-state index in [1.165, 1.54) is 0 Å². The summed E-state index contributed by atoms with van der Waals surface area (Å²) in [6.07, 6.45) is -5.03. The van der Waals surface area contributed by atoms with Crippen LogP contribution in [0.15, 0.2) is 12.1 Å². The summed E-state index contributed by atoms with van der Waals surface area (Å²) in [5.74, 6) is -0.707. The van der Waals surface area contributed by atoms with Gasteiger partial charge in [0.1, 0.15) is 6.42 Å². The van der Waals surface area contributed by atoms with Gasteiger partial charge in [0.15, 0.2) is 0 Å². The number of halogens is 5. The summed E-state index contributed by atoms with van der Waals surface area (Å²) >= 11 is 11.2. The van der Waals surface area contributed by atoms with Crippen LogP contribution in [0.25, 0.3) is 0 Å². The quantitative estimate of drug-likeness (QED) is 0.901. The zero-order valence-corrected chi connectivity index (χ0v) is 10.1. The van der Waals surface area contributed by atoms with Gasteiger partial charge >= 0.3 is 6.18 Å². The number of rotatable bonds is 2. The van der Waals surface area contributed by atoms with Gasteiger partial charge in [-0.2, -0.15) is 18.4 Å². The molecule has 1 aromatic rings. The van der Waals surface area contributed by atoms with Crippen molar-refractivity contribution >= 4 is 34.8 Å². The lowest BCUT2D eigenvalue weighted by molar-refractivity contribution is -0.137. The van der Waals surface area contributed by atoms with Crippen molar-refractivity contribution in [2.24, 2.45) is 0 Å². The van der Waals surface area contributed by atoms with E-state index < -0.39 is 24.1 Å². The molecule has 1 amide bonds. The zero-order chi connectivity index (χ0) is 13.9. The number of nitrogens with zero attached hydrogens (tertiary/aromatic N) is 1. The average molecular weight is 297 g/mol. The Balaban J connectivity index is 3.10. The third-order valence-electron chi connectivity index (χ3n) is 1.87. The molecule has 0 radical (unpaired) electrons. The topological polar surface area (TPSA) is 52.9 Å². The van der Waals surface area contributed by atoms with Gasteiger partial charge in [0.05, 0.1) is 27.4 Å². The Morgan fingerprint density at radius 2 is 1.83 bits per heavy atom. The van der Waals surface area contributed by atoms with Crippen LogP contribution >= 0.6 is 23.2 Å². The molecular formula is C10H5Cl2F3N2O. The number of carbonyl (C=O) groups excluding carboxylic acids is 1. The van der Waals surface area contributed by atoms with Crippen molar-refractivity contribution in [3.05, 3.63) is 27.7 Å². The van der Waals surface area contributed by atoms with E-state index in [0.29, 0.717) is 12.1 Å². The van der Waals surface area contributed by atoms with Crippen LogP contribution in [0, 0.1) is 11.3 Å². The number of amides is 1. The molecule has 0 aromatic heterocycles. The molecule has 8 heteroatoms. The number of hydrogen-bond acceptors (Lipinski definition) is 2. The summed E-state index contributed by atoms with van der Waals surface area (Å²) < 4.78 is 37.2. The monoisotopic (exact) mass is 296 g/mol. The standard InChI is InChI=1S/C10H5Cl2F3N2O/c11-6-3-5(10(13,14)15)4-7(12)9(6)17-8(18)1-2-16/h3-4H,1H2,(H,17,18). The van der Waals surface area contributed by atoms with Gasteiger partial charge in [0.25, 0.3) is 0 Å². The van der Waals surface area contributed by atoms with Crippen LogP contribution < -0.4 is 5.32 Å². The van der Waals surface area contributed by atoms with Crippen molar-refractivity contribution in [1.29, 1.82) is 5.26 Å². The van der Waals surface area contributed by atoms with E-state index in [1.54, 1.807) is 6.07 Å². The van der Waals surface area contributed by atoms with Gasteiger partial charge in [-0.15, -0.1) is 0 Å². The van der Waals surface area contributed by atoms with Crippen molar-refractivity contribution in [3.63, 3.8) is 0 Å². The molecule has 0 bridgehead atoms. The number of hydrogen-bond donors (Lipinski definition) is 1. The van der Waals surface area contributed by atoms with Gasteiger partial charge in [-0.1, -0.05) is 23.2 Å². The normalized spacial score (nSPS) is 10.9. The summed E-state index contributed by atoms with van der Waals surface area (Å²) in [6, 6.07) is 2.88. The first kappa shape index (κ1) is 14.6. The number of alkyl halides is 3. The molecular weight excluding hydrogens is 292 g/mol. The second-order valence-corrected chi connectivity index (χ2v) is 4.01. The van der Waals surface area contributed by atoms with Crippen LogP contribution in [0.1, 0.15) is 12.0 Å². The van der Waals surface area contributed by atoms with E-state index >= 15 is 0 Å². The third kappa shape index (κ3) is 3.52. The van der Waals surface area contributed by atoms with Gasteiger partial charge in [-0.3, -0.25) is 4.79 Å². The van der Waals surface area contributed by atoms with Crippen LogP contribution in [0.4, 0.5) is 18.9 Å². The van der Waals surface area contributed by atoms with Crippen LogP contribution in [0.2, 0.25) is 10.0 Å². The fourth-order valence-electron chi connectivity index (χ4n) is 1.11. The van der Waals surface area contributed by atoms with Crippen LogP contribution in [0.3, 0.4) is 0 Å². The van der Waals surface area contributed by atoms with E-state index in [-0.39, 0.29) is 15.7 Å². The van der Waals surface area contributed by atoms with Crippen LogP contribution in [-0.2, 0) is 11.0 Å². The molecule has 0 saturated heterocycles. The maximum Gasteiger partial charge on any atom is 0.416 e. The maximum absolute atomic E-state index is 12.4. The minimum atomic E-state index is -4.58. The maximum atomic E-state index is 12.4. The number of benzene rings is 1. The molecule has 0 spiro atoms. The molecule has 0 aliphatic rings. The first-order chi connectivity index (χ1) is 8.25. The molecule has 3 nitrogen and oxygen atoms in total. The molecule has 1 N–H and O–H groups in total. The molecule has 0 aliphatic carbocycles. The lowest BCUT2D eigenvalue weighted by Crippen LogP contribution is -2.12. The Kier molecular flexibility index (Phi) is 4.43. The summed E-state index contributed by atoms with van der Waals surface area (Å²) in [5.41, 5.74) is -1.16. The van der Waals surface area contributed by atoms with Crippen molar-refractivity contribution in [2.75, 3.05) is 5.32 Å². The van der Waals surface area contributed by atoms with Gasteiger partial charge in [0.2, 0.25) is 5.91 Å². The van der Waals surface area contributed by atoms with E-state index in [1.807, 2.05) is 0 Å². The molecule has 0 saturated carbocycles. The highest BCUT2D eigenvalue weighted by Crippen LogP contribution is 2.38. The molecule has 18 heavy (non-hydrogen) atoms. The first-order valence-corrected chi connectivity index (χ1v) is 5.24. The van der Waals surface area contributed by atoms with Gasteiger partial charge in [-0.05, 0) is 12.1 Å².